The summed E-state index contributed by atoms with van der Waals surface area (Å²) < 4.78 is 1.78. The Morgan fingerprint density at radius 1 is 1.21 bits per heavy atom. The van der Waals surface area contributed by atoms with Crippen LogP contribution in [0.3, 0.4) is 0 Å². The second-order valence-corrected chi connectivity index (χ2v) is 4.54. The summed E-state index contributed by atoms with van der Waals surface area (Å²) >= 11 is 0. The topological polar surface area (TPSA) is 59.0 Å². The molecular weight excluding hydrogens is 240 g/mol. The second-order valence-electron chi connectivity index (χ2n) is 4.54. The van der Waals surface area contributed by atoms with Crippen molar-refractivity contribution in [2.24, 2.45) is 0 Å². The number of nitrogens with zero attached hydrogens (tertiary/aromatic N) is 2. The molecule has 0 spiro atoms. The van der Waals surface area contributed by atoms with Crippen LogP contribution in [0.4, 0.5) is 11.5 Å². The summed E-state index contributed by atoms with van der Waals surface area (Å²) in [6.07, 6.45) is 1.68. The van der Waals surface area contributed by atoms with Crippen LogP contribution in [0, 0.1) is 0 Å². The molecule has 0 saturated heterocycles. The first kappa shape index (κ1) is 13.1. The lowest BCUT2D eigenvalue weighted by Crippen LogP contribution is -2.16. The Labute approximate surface area is 112 Å². The van der Waals surface area contributed by atoms with Gasteiger partial charge in [-0.05, 0) is 38.1 Å². The van der Waals surface area contributed by atoms with Crippen LogP contribution >= 0.6 is 0 Å². The van der Waals surface area contributed by atoms with Crippen LogP contribution in [-0.4, -0.2) is 22.7 Å². The summed E-state index contributed by atoms with van der Waals surface area (Å²) in [4.78, 5) is 12.1. The van der Waals surface area contributed by atoms with Gasteiger partial charge in [-0.25, -0.2) is 4.68 Å². The van der Waals surface area contributed by atoms with E-state index in [0.29, 0.717) is 11.4 Å². The van der Waals surface area contributed by atoms with Gasteiger partial charge in [0.15, 0.2) is 0 Å². The molecule has 0 radical (unpaired) electrons. The van der Waals surface area contributed by atoms with Crippen LogP contribution in [-0.2, 0) is 0 Å². The number of hydrogen-bond donors (Lipinski definition) is 2. The highest BCUT2D eigenvalue weighted by atomic mass is 16.1. The number of anilines is 2. The van der Waals surface area contributed by atoms with E-state index in [-0.39, 0.29) is 11.9 Å². The Morgan fingerprint density at radius 3 is 2.47 bits per heavy atom. The van der Waals surface area contributed by atoms with Gasteiger partial charge in [0.2, 0.25) is 0 Å². The summed E-state index contributed by atoms with van der Waals surface area (Å²) in [6, 6.07) is 9.31. The minimum atomic E-state index is -0.134. The van der Waals surface area contributed by atoms with Crippen LogP contribution in [0.15, 0.2) is 36.5 Å². The van der Waals surface area contributed by atoms with Gasteiger partial charge >= 0.3 is 0 Å². The van der Waals surface area contributed by atoms with Gasteiger partial charge in [0.25, 0.3) is 5.91 Å². The molecule has 0 saturated carbocycles. The SMILES string of the molecule is CNc1ccc(C(=O)Nc2ccnn2C(C)C)cc1. The van der Waals surface area contributed by atoms with E-state index >= 15 is 0 Å². The van der Waals surface area contributed by atoms with Crippen molar-refractivity contribution in [3.8, 4) is 0 Å². The van der Waals surface area contributed by atoms with Gasteiger partial charge in [-0.15, -0.1) is 0 Å². The zero-order valence-electron chi connectivity index (χ0n) is 11.3. The average Bonchev–Trinajstić information content (AvgIpc) is 2.87. The lowest BCUT2D eigenvalue weighted by atomic mass is 10.2. The molecule has 100 valence electrons. The summed E-state index contributed by atoms with van der Waals surface area (Å²) in [5.41, 5.74) is 1.60. The molecule has 2 rings (SSSR count). The van der Waals surface area contributed by atoms with E-state index in [2.05, 4.69) is 15.7 Å². The monoisotopic (exact) mass is 258 g/mol. The third-order valence-corrected chi connectivity index (χ3v) is 2.84. The first-order chi connectivity index (χ1) is 9.11. The second kappa shape index (κ2) is 5.56. The molecule has 0 unspecified atom stereocenters. The fourth-order valence-electron chi connectivity index (χ4n) is 1.80. The molecule has 0 bridgehead atoms. The number of benzene rings is 1. The lowest BCUT2D eigenvalue weighted by Gasteiger charge is -2.12. The molecule has 5 nitrogen and oxygen atoms in total. The number of hydrogen-bond acceptors (Lipinski definition) is 3. The van der Waals surface area contributed by atoms with Crippen molar-refractivity contribution in [2.45, 2.75) is 19.9 Å². The Hall–Kier alpha value is -2.30. The molecule has 0 atom stereocenters. The lowest BCUT2D eigenvalue weighted by molar-refractivity contribution is 0.102. The van der Waals surface area contributed by atoms with E-state index in [0.717, 1.165) is 5.69 Å². The number of aromatic nitrogens is 2. The van der Waals surface area contributed by atoms with Gasteiger partial charge in [0, 0.05) is 30.4 Å². The minimum Gasteiger partial charge on any atom is -0.388 e. The Balaban J connectivity index is 2.13. The third-order valence-electron chi connectivity index (χ3n) is 2.84. The highest BCUT2D eigenvalue weighted by Gasteiger charge is 2.10. The Morgan fingerprint density at radius 2 is 1.89 bits per heavy atom. The van der Waals surface area contributed by atoms with E-state index < -0.39 is 0 Å². The maximum absolute atomic E-state index is 12.1. The van der Waals surface area contributed by atoms with Crippen molar-refractivity contribution in [1.82, 2.24) is 9.78 Å². The molecule has 0 fully saturated rings. The fourth-order valence-corrected chi connectivity index (χ4v) is 1.80. The van der Waals surface area contributed by atoms with Crippen LogP contribution < -0.4 is 10.6 Å². The zero-order chi connectivity index (χ0) is 13.8. The van der Waals surface area contributed by atoms with E-state index in [9.17, 15) is 4.79 Å². The first-order valence-corrected chi connectivity index (χ1v) is 6.24. The summed E-state index contributed by atoms with van der Waals surface area (Å²) in [5.74, 6) is 0.572. The molecular formula is C14H18N4O. The van der Waals surface area contributed by atoms with E-state index in [4.69, 9.17) is 0 Å². The molecule has 1 amide bonds. The molecule has 0 aliphatic heterocycles. The number of nitrogens with one attached hydrogen (secondary N) is 2. The van der Waals surface area contributed by atoms with Crippen molar-refractivity contribution >= 4 is 17.4 Å². The predicted molar refractivity (Wildman–Crippen MR) is 76.6 cm³/mol. The molecule has 1 heterocycles. The molecule has 0 aliphatic rings. The summed E-state index contributed by atoms with van der Waals surface area (Å²) in [7, 11) is 1.84. The number of amides is 1. The minimum absolute atomic E-state index is 0.134. The zero-order valence-corrected chi connectivity index (χ0v) is 11.3. The van der Waals surface area contributed by atoms with Gasteiger partial charge in [-0.3, -0.25) is 4.79 Å². The van der Waals surface area contributed by atoms with E-state index in [1.54, 1.807) is 29.1 Å². The van der Waals surface area contributed by atoms with Crippen molar-refractivity contribution in [3.05, 3.63) is 42.1 Å². The van der Waals surface area contributed by atoms with Crippen molar-refractivity contribution in [2.75, 3.05) is 17.7 Å². The first-order valence-electron chi connectivity index (χ1n) is 6.24. The van der Waals surface area contributed by atoms with E-state index in [1.165, 1.54) is 0 Å². The highest BCUT2D eigenvalue weighted by molar-refractivity contribution is 6.04. The predicted octanol–water partition coefficient (Wildman–Crippen LogP) is 2.76. The number of carbonyl (C=O) groups is 1. The van der Waals surface area contributed by atoms with Gasteiger partial charge < -0.3 is 10.6 Å². The maximum atomic E-state index is 12.1. The van der Waals surface area contributed by atoms with Crippen molar-refractivity contribution < 1.29 is 4.79 Å². The molecule has 2 aromatic rings. The summed E-state index contributed by atoms with van der Waals surface area (Å²) in [6.45, 7) is 4.04. The smallest absolute Gasteiger partial charge is 0.256 e. The van der Waals surface area contributed by atoms with Crippen LogP contribution in [0.5, 0.6) is 0 Å². The standard InChI is InChI=1S/C14H18N4O/c1-10(2)18-13(8-9-16-18)17-14(19)11-4-6-12(15-3)7-5-11/h4-10,15H,1-3H3,(H,17,19). The van der Waals surface area contributed by atoms with E-state index in [1.807, 2.05) is 33.0 Å². The van der Waals surface area contributed by atoms with Crippen molar-refractivity contribution in [1.29, 1.82) is 0 Å². The van der Waals surface area contributed by atoms with Gasteiger partial charge in [-0.2, -0.15) is 5.10 Å². The van der Waals surface area contributed by atoms with Crippen LogP contribution in [0.2, 0.25) is 0 Å². The molecule has 0 aliphatic carbocycles. The van der Waals surface area contributed by atoms with Gasteiger partial charge in [0.05, 0.1) is 6.20 Å². The quantitative estimate of drug-likeness (QED) is 0.886. The maximum Gasteiger partial charge on any atom is 0.256 e. The fraction of sp³-hybridized carbons (Fsp3) is 0.286. The number of carbonyl (C=O) groups excluding carboxylic acids is 1. The van der Waals surface area contributed by atoms with Crippen LogP contribution in [0.25, 0.3) is 0 Å². The number of rotatable bonds is 4. The average molecular weight is 258 g/mol. The van der Waals surface area contributed by atoms with Crippen molar-refractivity contribution in [3.63, 3.8) is 0 Å². The van der Waals surface area contributed by atoms with Gasteiger partial charge in [-0.1, -0.05) is 0 Å². The normalized spacial score (nSPS) is 10.5. The molecule has 1 aromatic heterocycles. The highest BCUT2D eigenvalue weighted by Crippen LogP contribution is 2.15. The Kier molecular flexibility index (Phi) is 3.85. The largest absolute Gasteiger partial charge is 0.388 e. The van der Waals surface area contributed by atoms with Gasteiger partial charge in [0.1, 0.15) is 5.82 Å². The molecule has 19 heavy (non-hydrogen) atoms. The molecule has 5 heteroatoms. The Bertz CT molecular complexity index is 557. The molecule has 1 aromatic carbocycles. The van der Waals surface area contributed by atoms with Crippen LogP contribution in [0.1, 0.15) is 30.2 Å². The third kappa shape index (κ3) is 2.93. The molecule has 2 N–H and O–H groups in total. The summed E-state index contributed by atoms with van der Waals surface area (Å²) in [5, 5.41) is 10.1.